The van der Waals surface area contributed by atoms with Crippen LogP contribution >= 0.6 is 0 Å². The minimum Gasteiger partial charge on any atom is -0.489 e. The Labute approximate surface area is 105 Å². The molecule has 0 atom stereocenters. The summed E-state index contributed by atoms with van der Waals surface area (Å²) in [7, 11) is 0. The molecule has 2 nitrogen and oxygen atoms in total. The zero-order valence-electron chi connectivity index (χ0n) is 9.95. The van der Waals surface area contributed by atoms with Crippen molar-refractivity contribution in [3.8, 4) is 5.75 Å². The third-order valence-corrected chi connectivity index (χ3v) is 3.12. The highest BCUT2D eigenvalue weighted by atomic mass is 19.1. The van der Waals surface area contributed by atoms with Crippen LogP contribution in [0.3, 0.4) is 0 Å². The topological polar surface area (TPSA) is 21.3 Å². The van der Waals surface area contributed by atoms with Gasteiger partial charge in [-0.15, -0.1) is 0 Å². The van der Waals surface area contributed by atoms with Gasteiger partial charge in [0.1, 0.15) is 18.2 Å². The van der Waals surface area contributed by atoms with Crippen LogP contribution in [0.5, 0.6) is 5.75 Å². The van der Waals surface area contributed by atoms with Crippen LogP contribution in [-0.2, 0) is 19.7 Å². The quantitative estimate of drug-likeness (QED) is 0.894. The first-order valence-electron chi connectivity index (χ1n) is 6.01. The predicted octanol–water partition coefficient (Wildman–Crippen LogP) is 3.01. The summed E-state index contributed by atoms with van der Waals surface area (Å²) in [6, 6.07) is 12.5. The van der Waals surface area contributed by atoms with E-state index in [1.165, 1.54) is 23.3 Å². The maximum absolute atomic E-state index is 12.7. The van der Waals surface area contributed by atoms with Crippen LogP contribution < -0.4 is 10.1 Å². The molecule has 0 fully saturated rings. The largest absolute Gasteiger partial charge is 0.489 e. The van der Waals surface area contributed by atoms with Crippen LogP contribution in [0.4, 0.5) is 4.39 Å². The number of hydrogen-bond acceptors (Lipinski definition) is 2. The molecule has 0 aromatic heterocycles. The molecule has 0 spiro atoms. The second kappa shape index (κ2) is 4.78. The molecule has 1 N–H and O–H groups in total. The van der Waals surface area contributed by atoms with Gasteiger partial charge in [0.15, 0.2) is 0 Å². The van der Waals surface area contributed by atoms with Crippen molar-refractivity contribution in [2.75, 3.05) is 0 Å². The first kappa shape index (κ1) is 11.2. The number of ether oxygens (including phenoxy) is 1. The summed E-state index contributed by atoms with van der Waals surface area (Å²) in [5, 5.41) is 3.31. The summed E-state index contributed by atoms with van der Waals surface area (Å²) in [6.45, 7) is 2.40. The smallest absolute Gasteiger partial charge is 0.123 e. The van der Waals surface area contributed by atoms with E-state index in [0.29, 0.717) is 12.4 Å². The van der Waals surface area contributed by atoms with Gasteiger partial charge < -0.3 is 10.1 Å². The van der Waals surface area contributed by atoms with E-state index in [9.17, 15) is 4.39 Å². The normalized spacial score (nSPS) is 13.4. The third-order valence-electron chi connectivity index (χ3n) is 3.12. The Morgan fingerprint density at radius 3 is 2.61 bits per heavy atom. The second-order valence-electron chi connectivity index (χ2n) is 4.45. The average Bonchev–Trinajstić information content (AvgIpc) is 2.85. The van der Waals surface area contributed by atoms with Gasteiger partial charge in [-0.3, -0.25) is 0 Å². The molecule has 3 heteroatoms. The second-order valence-corrected chi connectivity index (χ2v) is 4.45. The maximum Gasteiger partial charge on any atom is 0.123 e. The summed E-state index contributed by atoms with van der Waals surface area (Å²) < 4.78 is 18.4. The van der Waals surface area contributed by atoms with Crippen LogP contribution in [0, 0.1) is 5.82 Å². The molecular weight excluding hydrogens is 229 g/mol. The van der Waals surface area contributed by atoms with Gasteiger partial charge in [0.25, 0.3) is 0 Å². The van der Waals surface area contributed by atoms with Crippen LogP contribution in [0.15, 0.2) is 42.5 Å². The Bertz CT molecular complexity index is 551. The van der Waals surface area contributed by atoms with Crippen molar-refractivity contribution in [1.82, 2.24) is 5.32 Å². The molecule has 18 heavy (non-hydrogen) atoms. The molecule has 3 rings (SSSR count). The van der Waals surface area contributed by atoms with Gasteiger partial charge in [0.05, 0.1) is 0 Å². The lowest BCUT2D eigenvalue weighted by molar-refractivity contribution is 0.305. The molecule has 0 unspecified atom stereocenters. The number of benzene rings is 2. The van der Waals surface area contributed by atoms with Gasteiger partial charge in [-0.1, -0.05) is 18.2 Å². The van der Waals surface area contributed by atoms with Crippen LogP contribution in [0.25, 0.3) is 0 Å². The highest BCUT2D eigenvalue weighted by Crippen LogP contribution is 2.19. The Balaban J connectivity index is 1.68. The Kier molecular flexibility index (Phi) is 2.99. The van der Waals surface area contributed by atoms with Crippen molar-refractivity contribution in [1.29, 1.82) is 0 Å². The molecule has 1 aliphatic heterocycles. The third kappa shape index (κ3) is 2.36. The molecule has 0 radical (unpaired) electrons. The zero-order chi connectivity index (χ0) is 12.4. The van der Waals surface area contributed by atoms with Gasteiger partial charge in [-0.05, 0) is 41.0 Å². The average molecular weight is 243 g/mol. The summed E-state index contributed by atoms with van der Waals surface area (Å²) in [5.41, 5.74) is 3.84. The van der Waals surface area contributed by atoms with Crippen molar-refractivity contribution >= 4 is 0 Å². The number of hydrogen-bond donors (Lipinski definition) is 1. The minimum absolute atomic E-state index is 0.244. The van der Waals surface area contributed by atoms with Crippen molar-refractivity contribution in [2.45, 2.75) is 19.7 Å². The van der Waals surface area contributed by atoms with E-state index in [1.54, 1.807) is 12.1 Å². The molecule has 0 saturated heterocycles. The first-order valence-corrected chi connectivity index (χ1v) is 6.01. The van der Waals surface area contributed by atoms with Gasteiger partial charge >= 0.3 is 0 Å². The number of nitrogens with one attached hydrogen (secondary N) is 1. The Hall–Kier alpha value is -1.87. The van der Waals surface area contributed by atoms with E-state index >= 15 is 0 Å². The molecule has 2 aromatic carbocycles. The number of fused-ring (bicyclic) bond motifs is 1. The van der Waals surface area contributed by atoms with E-state index in [-0.39, 0.29) is 5.82 Å². The fraction of sp³-hybridized carbons (Fsp3) is 0.200. The lowest BCUT2D eigenvalue weighted by Gasteiger charge is -2.07. The molecule has 1 heterocycles. The van der Waals surface area contributed by atoms with Gasteiger partial charge in [0, 0.05) is 13.1 Å². The number of halogens is 1. The highest BCUT2D eigenvalue weighted by molar-refractivity contribution is 5.34. The van der Waals surface area contributed by atoms with E-state index in [1.807, 2.05) is 0 Å². The summed E-state index contributed by atoms with van der Waals surface area (Å²) in [6.07, 6.45) is 0. The van der Waals surface area contributed by atoms with Crippen LogP contribution in [0.2, 0.25) is 0 Å². The molecule has 0 amide bonds. The van der Waals surface area contributed by atoms with Gasteiger partial charge in [0.2, 0.25) is 0 Å². The van der Waals surface area contributed by atoms with Crippen molar-refractivity contribution in [2.24, 2.45) is 0 Å². The fourth-order valence-electron chi connectivity index (χ4n) is 2.14. The molecular formula is C15H14FNO. The summed E-state index contributed by atoms with van der Waals surface area (Å²) >= 11 is 0. The molecule has 0 saturated carbocycles. The summed E-state index contributed by atoms with van der Waals surface area (Å²) in [5.74, 6) is 0.445. The van der Waals surface area contributed by atoms with E-state index in [2.05, 4.69) is 23.5 Å². The standard InChI is InChI=1S/C15H14FNO/c16-14-3-5-15(6-4-14)18-10-11-1-2-12-8-17-9-13(12)7-11/h1-7,17H,8-10H2. The zero-order valence-corrected chi connectivity index (χ0v) is 9.95. The Morgan fingerprint density at radius 2 is 1.78 bits per heavy atom. The first-order chi connectivity index (χ1) is 8.81. The SMILES string of the molecule is Fc1ccc(OCc2ccc3c(c2)CNC3)cc1. The van der Waals surface area contributed by atoms with Crippen molar-refractivity contribution in [3.63, 3.8) is 0 Å². The van der Waals surface area contributed by atoms with Gasteiger partial charge in [-0.25, -0.2) is 4.39 Å². The van der Waals surface area contributed by atoms with E-state index < -0.39 is 0 Å². The molecule has 0 bridgehead atoms. The van der Waals surface area contributed by atoms with Gasteiger partial charge in [-0.2, -0.15) is 0 Å². The Morgan fingerprint density at radius 1 is 1.00 bits per heavy atom. The maximum atomic E-state index is 12.7. The molecule has 92 valence electrons. The fourth-order valence-corrected chi connectivity index (χ4v) is 2.14. The molecule has 2 aromatic rings. The van der Waals surface area contributed by atoms with Crippen molar-refractivity contribution < 1.29 is 9.13 Å². The lowest BCUT2D eigenvalue weighted by Crippen LogP contribution is -2.00. The number of rotatable bonds is 3. The van der Waals surface area contributed by atoms with Crippen LogP contribution in [0.1, 0.15) is 16.7 Å². The monoisotopic (exact) mass is 243 g/mol. The lowest BCUT2D eigenvalue weighted by atomic mass is 10.1. The molecule has 0 aliphatic carbocycles. The molecule has 1 aliphatic rings. The highest BCUT2D eigenvalue weighted by Gasteiger charge is 2.09. The minimum atomic E-state index is -0.244. The van der Waals surface area contributed by atoms with E-state index in [0.717, 1.165) is 18.7 Å². The van der Waals surface area contributed by atoms with Crippen molar-refractivity contribution in [3.05, 3.63) is 65.0 Å². The summed E-state index contributed by atoms with van der Waals surface area (Å²) in [4.78, 5) is 0. The van der Waals surface area contributed by atoms with E-state index in [4.69, 9.17) is 4.74 Å². The van der Waals surface area contributed by atoms with Crippen LogP contribution in [-0.4, -0.2) is 0 Å². The predicted molar refractivity (Wildman–Crippen MR) is 67.7 cm³/mol.